The van der Waals surface area contributed by atoms with E-state index in [2.05, 4.69) is 9.72 Å². The van der Waals surface area contributed by atoms with Gasteiger partial charge in [0.1, 0.15) is 5.75 Å². The van der Waals surface area contributed by atoms with Crippen molar-refractivity contribution in [2.24, 2.45) is 0 Å². The number of alkyl halides is 3. The van der Waals surface area contributed by atoms with Crippen LogP contribution >= 0.6 is 11.3 Å². The first-order valence-corrected chi connectivity index (χ1v) is 9.76. The summed E-state index contributed by atoms with van der Waals surface area (Å²) in [5, 5.41) is 0.605. The maximum atomic E-state index is 12.8. The van der Waals surface area contributed by atoms with E-state index in [1.807, 2.05) is 31.2 Å². The molecule has 1 amide bonds. The largest absolute Gasteiger partial charge is 0.573 e. The number of amides is 1. The van der Waals surface area contributed by atoms with Crippen LogP contribution in [0.5, 0.6) is 5.75 Å². The summed E-state index contributed by atoms with van der Waals surface area (Å²) in [6, 6.07) is 13.5. The number of carbonyl (C=O) groups excluding carboxylic acids is 1. The van der Waals surface area contributed by atoms with Gasteiger partial charge in [0.15, 0.2) is 5.13 Å². The van der Waals surface area contributed by atoms with E-state index in [-0.39, 0.29) is 24.7 Å². The van der Waals surface area contributed by atoms with E-state index in [1.165, 1.54) is 23.5 Å². The molecule has 1 aromatic heterocycles. The third-order valence-corrected chi connectivity index (χ3v) is 5.23. The molecule has 2 aromatic carbocycles. The predicted molar refractivity (Wildman–Crippen MR) is 107 cm³/mol. The maximum Gasteiger partial charge on any atom is 0.573 e. The van der Waals surface area contributed by atoms with Crippen LogP contribution < -0.4 is 9.64 Å². The van der Waals surface area contributed by atoms with Crippen molar-refractivity contribution >= 4 is 32.6 Å². The van der Waals surface area contributed by atoms with Crippen molar-refractivity contribution in [1.82, 2.24) is 9.88 Å². The minimum absolute atomic E-state index is 0.0319. The van der Waals surface area contributed by atoms with Gasteiger partial charge in [-0.1, -0.05) is 41.7 Å². The minimum Gasteiger partial charge on any atom is -0.405 e. The Balaban J connectivity index is 1.70. The number of thiazole rings is 1. The van der Waals surface area contributed by atoms with Crippen molar-refractivity contribution < 1.29 is 22.7 Å². The Kier molecular flexibility index (Phi) is 6.39. The fraction of sp³-hybridized carbons (Fsp3) is 0.300. The molecule has 9 heteroatoms. The van der Waals surface area contributed by atoms with Crippen LogP contribution in [-0.2, 0) is 11.3 Å². The second kappa shape index (κ2) is 8.79. The number of likely N-dealkylation sites (N-methyl/N-ethyl adjacent to an activating group) is 2. The molecule has 0 aliphatic carbocycles. The quantitative estimate of drug-likeness (QED) is 0.554. The molecule has 5 nitrogen and oxygen atoms in total. The molecule has 0 saturated heterocycles. The highest BCUT2D eigenvalue weighted by Crippen LogP contribution is 2.29. The van der Waals surface area contributed by atoms with Gasteiger partial charge in [-0.2, -0.15) is 0 Å². The SMILES string of the molecule is CCN(C(=O)CN(C)Cc1ccccc1OC(F)(F)F)c1nc2ccccc2s1. The van der Waals surface area contributed by atoms with Crippen LogP contribution in [0.1, 0.15) is 12.5 Å². The molecular weight excluding hydrogens is 403 g/mol. The number of ether oxygens (including phenoxy) is 1. The number of para-hydroxylation sites is 2. The van der Waals surface area contributed by atoms with Gasteiger partial charge in [0.05, 0.1) is 16.8 Å². The molecule has 0 unspecified atom stereocenters. The molecule has 0 bridgehead atoms. The summed E-state index contributed by atoms with van der Waals surface area (Å²) >= 11 is 1.43. The minimum atomic E-state index is -4.77. The maximum absolute atomic E-state index is 12.8. The fourth-order valence-corrected chi connectivity index (χ4v) is 3.96. The van der Waals surface area contributed by atoms with Crippen molar-refractivity contribution in [1.29, 1.82) is 0 Å². The van der Waals surface area contributed by atoms with Crippen LogP contribution in [0.2, 0.25) is 0 Å². The lowest BCUT2D eigenvalue weighted by Crippen LogP contribution is -2.38. The van der Waals surface area contributed by atoms with Gasteiger partial charge in [0.25, 0.3) is 0 Å². The molecule has 0 aliphatic rings. The predicted octanol–water partition coefficient (Wildman–Crippen LogP) is 4.68. The van der Waals surface area contributed by atoms with Crippen LogP contribution in [-0.4, -0.2) is 42.3 Å². The number of anilines is 1. The Morgan fingerprint density at radius 3 is 2.52 bits per heavy atom. The number of nitrogens with zero attached hydrogens (tertiary/aromatic N) is 3. The molecule has 0 radical (unpaired) electrons. The topological polar surface area (TPSA) is 45.7 Å². The molecule has 0 spiro atoms. The van der Waals surface area contributed by atoms with Crippen LogP contribution in [0.25, 0.3) is 10.2 Å². The van der Waals surface area contributed by atoms with Crippen molar-refractivity contribution in [3.05, 3.63) is 54.1 Å². The van der Waals surface area contributed by atoms with E-state index in [0.29, 0.717) is 17.2 Å². The number of hydrogen-bond acceptors (Lipinski definition) is 5. The smallest absolute Gasteiger partial charge is 0.405 e. The lowest BCUT2D eigenvalue weighted by Gasteiger charge is -2.23. The fourth-order valence-electron chi connectivity index (χ4n) is 2.92. The van der Waals surface area contributed by atoms with E-state index >= 15 is 0 Å². The van der Waals surface area contributed by atoms with Crippen LogP contribution in [0, 0.1) is 0 Å². The molecular formula is C20H20F3N3O2S. The van der Waals surface area contributed by atoms with Crippen molar-refractivity contribution in [2.75, 3.05) is 25.0 Å². The van der Waals surface area contributed by atoms with Crippen LogP contribution in [0.15, 0.2) is 48.5 Å². The average Bonchev–Trinajstić information content (AvgIpc) is 3.06. The van der Waals surface area contributed by atoms with Crippen LogP contribution in [0.4, 0.5) is 18.3 Å². The first-order chi connectivity index (χ1) is 13.8. The number of rotatable bonds is 7. The summed E-state index contributed by atoms with van der Waals surface area (Å²) in [4.78, 5) is 20.5. The molecule has 3 rings (SSSR count). The summed E-state index contributed by atoms with van der Waals surface area (Å²) < 4.78 is 42.8. The Morgan fingerprint density at radius 2 is 1.83 bits per heavy atom. The lowest BCUT2D eigenvalue weighted by atomic mass is 10.2. The third-order valence-electron chi connectivity index (χ3n) is 4.17. The molecule has 154 valence electrons. The van der Waals surface area contributed by atoms with E-state index in [0.717, 1.165) is 10.2 Å². The van der Waals surface area contributed by atoms with E-state index in [4.69, 9.17) is 0 Å². The normalized spacial score (nSPS) is 11.8. The van der Waals surface area contributed by atoms with Crippen molar-refractivity contribution in [3.8, 4) is 5.75 Å². The number of carbonyl (C=O) groups is 1. The van der Waals surface area contributed by atoms with E-state index < -0.39 is 6.36 Å². The summed E-state index contributed by atoms with van der Waals surface area (Å²) in [5.74, 6) is -0.443. The second-order valence-electron chi connectivity index (χ2n) is 6.43. The highest BCUT2D eigenvalue weighted by molar-refractivity contribution is 7.22. The average molecular weight is 423 g/mol. The molecule has 0 fully saturated rings. The third kappa shape index (κ3) is 5.45. The van der Waals surface area contributed by atoms with Gasteiger partial charge >= 0.3 is 6.36 Å². The Hall–Kier alpha value is -2.65. The molecule has 3 aromatic rings. The van der Waals surface area contributed by atoms with E-state index in [1.54, 1.807) is 29.0 Å². The van der Waals surface area contributed by atoms with Gasteiger partial charge in [0.2, 0.25) is 5.91 Å². The first kappa shape index (κ1) is 21.1. The molecule has 0 saturated carbocycles. The highest BCUT2D eigenvalue weighted by Gasteiger charge is 2.32. The van der Waals surface area contributed by atoms with Crippen molar-refractivity contribution in [3.63, 3.8) is 0 Å². The zero-order valence-corrected chi connectivity index (χ0v) is 16.8. The monoisotopic (exact) mass is 423 g/mol. The van der Waals surface area contributed by atoms with Gasteiger partial charge in [-0.3, -0.25) is 14.6 Å². The second-order valence-corrected chi connectivity index (χ2v) is 7.44. The number of halogens is 3. The summed E-state index contributed by atoms with van der Waals surface area (Å²) in [7, 11) is 1.68. The number of hydrogen-bond donors (Lipinski definition) is 0. The zero-order chi connectivity index (χ0) is 21.0. The number of fused-ring (bicyclic) bond motifs is 1. The molecule has 29 heavy (non-hydrogen) atoms. The zero-order valence-electron chi connectivity index (χ0n) is 15.9. The van der Waals surface area contributed by atoms with Gasteiger partial charge in [-0.15, -0.1) is 13.2 Å². The highest BCUT2D eigenvalue weighted by atomic mass is 32.1. The Bertz CT molecular complexity index is 957. The first-order valence-electron chi connectivity index (χ1n) is 8.95. The summed E-state index contributed by atoms with van der Waals surface area (Å²) in [5.41, 5.74) is 1.17. The standard InChI is InChI=1S/C20H20F3N3O2S/c1-3-26(19-24-15-9-5-7-11-17(15)29-19)18(27)13-25(2)12-14-8-4-6-10-16(14)28-20(21,22)23/h4-11H,3,12-13H2,1-2H3. The Morgan fingerprint density at radius 1 is 1.14 bits per heavy atom. The number of aromatic nitrogens is 1. The molecule has 0 N–H and O–H groups in total. The Labute approximate surface area is 170 Å². The van der Waals surface area contributed by atoms with Gasteiger partial charge in [-0.25, -0.2) is 4.98 Å². The molecule has 0 aliphatic heterocycles. The molecule has 0 atom stereocenters. The van der Waals surface area contributed by atoms with Gasteiger partial charge in [0, 0.05) is 18.7 Å². The summed E-state index contributed by atoms with van der Waals surface area (Å²) in [6.07, 6.45) is -4.77. The van der Waals surface area contributed by atoms with Gasteiger partial charge in [-0.05, 0) is 32.2 Å². The molecule has 1 heterocycles. The van der Waals surface area contributed by atoms with Crippen molar-refractivity contribution in [2.45, 2.75) is 19.8 Å². The lowest BCUT2D eigenvalue weighted by molar-refractivity contribution is -0.275. The number of benzene rings is 2. The van der Waals surface area contributed by atoms with Gasteiger partial charge < -0.3 is 4.74 Å². The van der Waals surface area contributed by atoms with E-state index in [9.17, 15) is 18.0 Å². The van der Waals surface area contributed by atoms with Crippen LogP contribution in [0.3, 0.4) is 0 Å². The summed E-state index contributed by atoms with van der Waals surface area (Å²) in [6.45, 7) is 2.47.